The van der Waals surface area contributed by atoms with Gasteiger partial charge < -0.3 is 10.5 Å². The molecule has 0 amide bonds. The van der Waals surface area contributed by atoms with Crippen LogP contribution in [0.2, 0.25) is 0 Å². The van der Waals surface area contributed by atoms with Gasteiger partial charge in [-0.05, 0) is 12.1 Å². The fourth-order valence-corrected chi connectivity index (χ4v) is 0.980. The Bertz CT molecular complexity index is 327. The highest BCUT2D eigenvalue weighted by Gasteiger charge is 2.12. The third-order valence-electron chi connectivity index (χ3n) is 1.61. The molecule has 0 aliphatic rings. The first-order chi connectivity index (χ1) is 6.19. The van der Waals surface area contributed by atoms with E-state index in [4.69, 9.17) is 10.9 Å². The van der Waals surface area contributed by atoms with E-state index in [1.54, 1.807) is 0 Å². The Morgan fingerprint density at radius 2 is 2.31 bits per heavy atom. The lowest BCUT2D eigenvalue weighted by Crippen LogP contribution is -2.07. The number of rotatable bonds is 3. The SMILES string of the molecule is NNc1ccc([N+](=O)[O-])c(CO)c1. The van der Waals surface area contributed by atoms with Crippen molar-refractivity contribution in [1.29, 1.82) is 0 Å². The van der Waals surface area contributed by atoms with E-state index in [9.17, 15) is 10.1 Å². The van der Waals surface area contributed by atoms with Gasteiger partial charge in [0.05, 0.1) is 17.1 Å². The van der Waals surface area contributed by atoms with E-state index in [2.05, 4.69) is 5.43 Å². The number of nitrogens with two attached hydrogens (primary N) is 1. The normalized spacial score (nSPS) is 9.69. The number of aliphatic hydroxyl groups is 1. The third-order valence-corrected chi connectivity index (χ3v) is 1.61. The minimum atomic E-state index is -0.550. The number of benzene rings is 1. The van der Waals surface area contributed by atoms with Gasteiger partial charge >= 0.3 is 0 Å². The predicted octanol–water partition coefficient (Wildman–Crippen LogP) is 0.373. The second-order valence-corrected chi connectivity index (χ2v) is 2.40. The molecule has 1 aromatic carbocycles. The van der Waals surface area contributed by atoms with Gasteiger partial charge in [0.15, 0.2) is 0 Å². The highest BCUT2D eigenvalue weighted by molar-refractivity contribution is 5.53. The zero-order valence-electron chi connectivity index (χ0n) is 6.73. The van der Waals surface area contributed by atoms with E-state index in [1.165, 1.54) is 18.2 Å². The number of nitrogen functional groups attached to an aromatic ring is 1. The highest BCUT2D eigenvalue weighted by Crippen LogP contribution is 2.21. The lowest BCUT2D eigenvalue weighted by atomic mass is 10.1. The maximum atomic E-state index is 10.4. The maximum Gasteiger partial charge on any atom is 0.275 e. The first-order valence-corrected chi connectivity index (χ1v) is 3.54. The van der Waals surface area contributed by atoms with Crippen LogP contribution in [0.25, 0.3) is 0 Å². The molecule has 4 N–H and O–H groups in total. The Labute approximate surface area is 74.1 Å². The van der Waals surface area contributed by atoms with Crippen molar-refractivity contribution in [3.8, 4) is 0 Å². The molecule has 0 saturated heterocycles. The van der Waals surface area contributed by atoms with Gasteiger partial charge in [0, 0.05) is 11.8 Å². The van der Waals surface area contributed by atoms with Gasteiger partial charge in [-0.3, -0.25) is 16.0 Å². The second kappa shape index (κ2) is 3.83. The minimum Gasteiger partial charge on any atom is -0.391 e. The molecule has 0 saturated carbocycles. The van der Waals surface area contributed by atoms with Crippen LogP contribution >= 0.6 is 0 Å². The molecule has 1 aromatic rings. The summed E-state index contributed by atoms with van der Waals surface area (Å²) >= 11 is 0. The van der Waals surface area contributed by atoms with E-state index in [-0.39, 0.29) is 17.9 Å². The molecule has 0 atom stereocenters. The Balaban J connectivity index is 3.15. The van der Waals surface area contributed by atoms with Crippen LogP contribution in [0, 0.1) is 10.1 Å². The number of hydrogen-bond donors (Lipinski definition) is 3. The van der Waals surface area contributed by atoms with Gasteiger partial charge in [0.25, 0.3) is 5.69 Å². The molecule has 0 heterocycles. The zero-order valence-corrected chi connectivity index (χ0v) is 6.73. The first-order valence-electron chi connectivity index (χ1n) is 3.54. The largest absolute Gasteiger partial charge is 0.391 e. The topological polar surface area (TPSA) is 101 Å². The van der Waals surface area contributed by atoms with E-state index in [1.807, 2.05) is 0 Å². The second-order valence-electron chi connectivity index (χ2n) is 2.40. The van der Waals surface area contributed by atoms with Crippen molar-refractivity contribution in [2.75, 3.05) is 5.43 Å². The number of nitrogens with one attached hydrogen (secondary N) is 1. The Morgan fingerprint density at radius 3 is 2.77 bits per heavy atom. The number of hydrazine groups is 1. The average Bonchev–Trinajstić information content (AvgIpc) is 2.16. The van der Waals surface area contributed by atoms with Crippen LogP contribution in [0.4, 0.5) is 11.4 Å². The number of anilines is 1. The molecule has 0 spiro atoms. The summed E-state index contributed by atoms with van der Waals surface area (Å²) in [7, 11) is 0. The standard InChI is InChI=1S/C7H9N3O3/c8-9-6-1-2-7(10(12)13)5(3-6)4-11/h1-3,9,11H,4,8H2. The van der Waals surface area contributed by atoms with Crippen LogP contribution in [0.15, 0.2) is 18.2 Å². The number of nitrogens with zero attached hydrogens (tertiary/aromatic N) is 1. The Kier molecular flexibility index (Phi) is 2.78. The molecule has 0 unspecified atom stereocenters. The van der Waals surface area contributed by atoms with E-state index < -0.39 is 4.92 Å². The zero-order chi connectivity index (χ0) is 9.84. The number of hydrogen-bond acceptors (Lipinski definition) is 5. The van der Waals surface area contributed by atoms with Crippen molar-refractivity contribution < 1.29 is 10.0 Å². The molecule has 0 fully saturated rings. The molecule has 1 rings (SSSR count). The summed E-state index contributed by atoms with van der Waals surface area (Å²) in [5, 5.41) is 19.2. The summed E-state index contributed by atoms with van der Waals surface area (Å²) in [5.41, 5.74) is 2.98. The summed E-state index contributed by atoms with van der Waals surface area (Å²) < 4.78 is 0. The molecule has 0 aliphatic heterocycles. The van der Waals surface area contributed by atoms with Crippen molar-refractivity contribution in [1.82, 2.24) is 0 Å². The number of nitro groups is 1. The molecule has 0 aliphatic carbocycles. The van der Waals surface area contributed by atoms with Crippen LogP contribution in [0.1, 0.15) is 5.56 Å². The molecule has 0 bridgehead atoms. The summed E-state index contributed by atoms with van der Waals surface area (Å²) in [4.78, 5) is 9.87. The summed E-state index contributed by atoms with van der Waals surface area (Å²) in [6.07, 6.45) is 0. The van der Waals surface area contributed by atoms with Crippen LogP contribution in [-0.4, -0.2) is 10.0 Å². The van der Waals surface area contributed by atoms with E-state index in [0.29, 0.717) is 5.69 Å². The molecular formula is C7H9N3O3. The van der Waals surface area contributed by atoms with E-state index >= 15 is 0 Å². The maximum absolute atomic E-state index is 10.4. The summed E-state index contributed by atoms with van der Waals surface area (Å²) in [6.45, 7) is -0.383. The van der Waals surface area contributed by atoms with Gasteiger partial charge in [-0.2, -0.15) is 0 Å². The highest BCUT2D eigenvalue weighted by atomic mass is 16.6. The van der Waals surface area contributed by atoms with Gasteiger partial charge in [0.1, 0.15) is 0 Å². The molecule has 13 heavy (non-hydrogen) atoms. The van der Waals surface area contributed by atoms with Crippen molar-refractivity contribution in [2.45, 2.75) is 6.61 Å². The lowest BCUT2D eigenvalue weighted by Gasteiger charge is -2.02. The third kappa shape index (κ3) is 1.92. The van der Waals surface area contributed by atoms with Gasteiger partial charge in [-0.15, -0.1) is 0 Å². The molecule has 0 aromatic heterocycles. The molecule has 6 nitrogen and oxygen atoms in total. The van der Waals surface area contributed by atoms with Crippen molar-refractivity contribution in [2.24, 2.45) is 5.84 Å². The number of aliphatic hydroxyl groups excluding tert-OH is 1. The van der Waals surface area contributed by atoms with Crippen LogP contribution in [0.3, 0.4) is 0 Å². The molecule has 70 valence electrons. The summed E-state index contributed by atoms with van der Waals surface area (Å²) in [6, 6.07) is 4.19. The van der Waals surface area contributed by atoms with Gasteiger partial charge in [0.2, 0.25) is 0 Å². The van der Waals surface area contributed by atoms with Crippen LogP contribution < -0.4 is 11.3 Å². The fourth-order valence-electron chi connectivity index (χ4n) is 0.980. The van der Waals surface area contributed by atoms with Crippen LogP contribution in [-0.2, 0) is 6.61 Å². The minimum absolute atomic E-state index is 0.110. The van der Waals surface area contributed by atoms with Crippen molar-refractivity contribution in [3.05, 3.63) is 33.9 Å². The molecule has 0 radical (unpaired) electrons. The van der Waals surface area contributed by atoms with Crippen molar-refractivity contribution in [3.63, 3.8) is 0 Å². The predicted molar refractivity (Wildman–Crippen MR) is 46.8 cm³/mol. The fraction of sp³-hybridized carbons (Fsp3) is 0.143. The number of nitro benzene ring substituents is 1. The van der Waals surface area contributed by atoms with Crippen LogP contribution in [0.5, 0.6) is 0 Å². The van der Waals surface area contributed by atoms with Gasteiger partial charge in [-0.25, -0.2) is 0 Å². The lowest BCUT2D eigenvalue weighted by molar-refractivity contribution is -0.385. The quantitative estimate of drug-likeness (QED) is 0.357. The summed E-state index contributed by atoms with van der Waals surface area (Å²) in [5.74, 6) is 5.10. The first kappa shape index (κ1) is 9.43. The Hall–Kier alpha value is -1.66. The molecule has 6 heteroatoms. The Morgan fingerprint density at radius 1 is 1.62 bits per heavy atom. The molecular weight excluding hydrogens is 174 g/mol. The monoisotopic (exact) mass is 183 g/mol. The average molecular weight is 183 g/mol. The van der Waals surface area contributed by atoms with E-state index in [0.717, 1.165) is 0 Å². The smallest absolute Gasteiger partial charge is 0.275 e. The van der Waals surface area contributed by atoms with Crippen molar-refractivity contribution >= 4 is 11.4 Å². The van der Waals surface area contributed by atoms with Gasteiger partial charge in [-0.1, -0.05) is 0 Å².